The number of piperazine rings is 1. The molecule has 2 aliphatic rings. The molecule has 5 nitrogen and oxygen atoms in total. The molecule has 0 radical (unpaired) electrons. The normalized spacial score (nSPS) is 30.9. The van der Waals surface area contributed by atoms with Crippen LogP contribution < -0.4 is 11.3 Å². The first-order valence-corrected chi connectivity index (χ1v) is 6.68. The van der Waals surface area contributed by atoms with Gasteiger partial charge in [-0.15, -0.1) is 0 Å². The van der Waals surface area contributed by atoms with Gasteiger partial charge in [-0.2, -0.15) is 0 Å². The first kappa shape index (κ1) is 12.8. The van der Waals surface area contributed by atoms with Crippen LogP contribution in [-0.2, 0) is 4.79 Å². The standard InChI is InChI=1S/C12H24N4O/c1-10-8-16-6-3-2-4-11(16)9-15(10)7-5-12(17)14-13/h10-11H,2-9,13H2,1H3,(H,14,17). The SMILES string of the molecule is CC1CN2CCCCC2CN1CCC(=O)NN. The molecule has 0 aromatic carbocycles. The summed E-state index contributed by atoms with van der Waals surface area (Å²) in [6.45, 7) is 6.60. The van der Waals surface area contributed by atoms with Gasteiger partial charge in [-0.1, -0.05) is 6.42 Å². The third kappa shape index (κ3) is 3.18. The summed E-state index contributed by atoms with van der Waals surface area (Å²) in [6, 6.07) is 1.26. The lowest BCUT2D eigenvalue weighted by Gasteiger charge is -2.47. The van der Waals surface area contributed by atoms with Crippen molar-refractivity contribution in [2.24, 2.45) is 5.84 Å². The fourth-order valence-corrected chi connectivity index (χ4v) is 3.04. The Bertz CT molecular complexity index is 271. The lowest BCUT2D eigenvalue weighted by Crippen LogP contribution is -2.59. The number of fused-ring (bicyclic) bond motifs is 1. The van der Waals surface area contributed by atoms with Crippen molar-refractivity contribution in [3.05, 3.63) is 0 Å². The van der Waals surface area contributed by atoms with E-state index in [0.717, 1.165) is 19.6 Å². The van der Waals surface area contributed by atoms with E-state index in [1.165, 1.54) is 25.8 Å². The van der Waals surface area contributed by atoms with Gasteiger partial charge in [0, 0.05) is 38.1 Å². The van der Waals surface area contributed by atoms with Crippen LogP contribution in [0.1, 0.15) is 32.6 Å². The number of carbonyl (C=O) groups excluding carboxylic acids is 1. The zero-order chi connectivity index (χ0) is 12.3. The first-order valence-electron chi connectivity index (χ1n) is 6.68. The van der Waals surface area contributed by atoms with Gasteiger partial charge < -0.3 is 0 Å². The summed E-state index contributed by atoms with van der Waals surface area (Å²) >= 11 is 0. The van der Waals surface area contributed by atoms with Crippen LogP contribution in [0.5, 0.6) is 0 Å². The zero-order valence-corrected chi connectivity index (χ0v) is 10.7. The van der Waals surface area contributed by atoms with Gasteiger partial charge >= 0.3 is 0 Å². The van der Waals surface area contributed by atoms with E-state index in [1.807, 2.05) is 0 Å². The van der Waals surface area contributed by atoms with Crippen LogP contribution in [-0.4, -0.2) is 54.0 Å². The topological polar surface area (TPSA) is 61.6 Å². The Labute approximate surface area is 103 Å². The first-order chi connectivity index (χ1) is 8.20. The van der Waals surface area contributed by atoms with E-state index in [-0.39, 0.29) is 5.91 Å². The van der Waals surface area contributed by atoms with Crippen LogP contribution in [0.15, 0.2) is 0 Å². The summed E-state index contributed by atoms with van der Waals surface area (Å²) < 4.78 is 0. The molecule has 2 aliphatic heterocycles. The van der Waals surface area contributed by atoms with E-state index in [1.54, 1.807) is 0 Å². The molecule has 2 fully saturated rings. The Morgan fingerprint density at radius 2 is 2.24 bits per heavy atom. The van der Waals surface area contributed by atoms with Crippen molar-refractivity contribution < 1.29 is 4.79 Å². The Balaban J connectivity index is 1.84. The Morgan fingerprint density at radius 1 is 1.41 bits per heavy atom. The van der Waals surface area contributed by atoms with E-state index < -0.39 is 0 Å². The number of nitrogens with zero attached hydrogens (tertiary/aromatic N) is 2. The van der Waals surface area contributed by atoms with Crippen LogP contribution in [0.4, 0.5) is 0 Å². The van der Waals surface area contributed by atoms with Crippen LogP contribution >= 0.6 is 0 Å². The number of hydrazine groups is 1. The minimum Gasteiger partial charge on any atom is -0.298 e. The van der Waals surface area contributed by atoms with Crippen molar-refractivity contribution in [1.82, 2.24) is 15.2 Å². The van der Waals surface area contributed by atoms with Gasteiger partial charge in [-0.3, -0.25) is 20.0 Å². The number of nitrogens with two attached hydrogens (primary N) is 1. The Morgan fingerprint density at radius 3 is 3.00 bits per heavy atom. The number of rotatable bonds is 3. The third-order valence-electron chi connectivity index (χ3n) is 4.10. The summed E-state index contributed by atoms with van der Waals surface area (Å²) in [6.07, 6.45) is 4.52. The molecule has 0 saturated carbocycles. The van der Waals surface area contributed by atoms with E-state index in [4.69, 9.17) is 5.84 Å². The average molecular weight is 240 g/mol. The maximum absolute atomic E-state index is 11.2. The molecule has 98 valence electrons. The summed E-state index contributed by atoms with van der Waals surface area (Å²) in [5.74, 6) is 5.04. The van der Waals surface area contributed by atoms with Gasteiger partial charge in [-0.25, -0.2) is 5.84 Å². The molecule has 1 amide bonds. The molecule has 5 heteroatoms. The molecule has 2 atom stereocenters. The predicted octanol–water partition coefficient (Wildman–Crippen LogP) is -0.0750. The minimum atomic E-state index is -0.0664. The van der Waals surface area contributed by atoms with Crippen molar-refractivity contribution in [3.63, 3.8) is 0 Å². The predicted molar refractivity (Wildman–Crippen MR) is 67.2 cm³/mol. The second-order valence-electron chi connectivity index (χ2n) is 5.31. The lowest BCUT2D eigenvalue weighted by atomic mass is 9.97. The molecule has 2 heterocycles. The minimum absolute atomic E-state index is 0.0664. The van der Waals surface area contributed by atoms with E-state index in [9.17, 15) is 4.79 Å². The summed E-state index contributed by atoms with van der Waals surface area (Å²) in [7, 11) is 0. The van der Waals surface area contributed by atoms with E-state index in [2.05, 4.69) is 22.1 Å². The number of amides is 1. The molecule has 0 aliphatic carbocycles. The van der Waals surface area contributed by atoms with Crippen LogP contribution in [0.3, 0.4) is 0 Å². The Kier molecular flexibility index (Phi) is 4.36. The van der Waals surface area contributed by atoms with E-state index in [0.29, 0.717) is 18.5 Å². The number of nitrogens with one attached hydrogen (secondary N) is 1. The van der Waals surface area contributed by atoms with Crippen molar-refractivity contribution >= 4 is 5.91 Å². The highest BCUT2D eigenvalue weighted by atomic mass is 16.2. The lowest BCUT2D eigenvalue weighted by molar-refractivity contribution is -0.121. The molecular weight excluding hydrogens is 216 g/mol. The van der Waals surface area contributed by atoms with Crippen molar-refractivity contribution in [2.75, 3.05) is 26.2 Å². The van der Waals surface area contributed by atoms with Gasteiger partial charge in [0.25, 0.3) is 0 Å². The molecule has 0 aromatic rings. The fourth-order valence-electron chi connectivity index (χ4n) is 3.04. The van der Waals surface area contributed by atoms with Gasteiger partial charge in [0.2, 0.25) is 5.91 Å². The van der Waals surface area contributed by atoms with Gasteiger partial charge in [-0.05, 0) is 26.3 Å². The maximum atomic E-state index is 11.2. The molecule has 2 rings (SSSR count). The van der Waals surface area contributed by atoms with Crippen LogP contribution in [0, 0.1) is 0 Å². The van der Waals surface area contributed by atoms with Gasteiger partial charge in [0.05, 0.1) is 0 Å². The average Bonchev–Trinajstić information content (AvgIpc) is 2.35. The maximum Gasteiger partial charge on any atom is 0.235 e. The van der Waals surface area contributed by atoms with Crippen LogP contribution in [0.25, 0.3) is 0 Å². The highest BCUT2D eigenvalue weighted by Gasteiger charge is 2.32. The molecule has 0 spiro atoms. The van der Waals surface area contributed by atoms with E-state index >= 15 is 0 Å². The summed E-state index contributed by atoms with van der Waals surface area (Å²) in [5.41, 5.74) is 2.20. The monoisotopic (exact) mass is 240 g/mol. The molecule has 17 heavy (non-hydrogen) atoms. The second kappa shape index (κ2) is 5.80. The molecule has 0 aromatic heterocycles. The molecule has 0 bridgehead atoms. The second-order valence-corrected chi connectivity index (χ2v) is 5.31. The summed E-state index contributed by atoms with van der Waals surface area (Å²) in [5, 5.41) is 0. The fraction of sp³-hybridized carbons (Fsp3) is 0.917. The highest BCUT2D eigenvalue weighted by Crippen LogP contribution is 2.23. The Hall–Kier alpha value is -0.650. The molecule has 2 saturated heterocycles. The molecule has 2 unspecified atom stereocenters. The smallest absolute Gasteiger partial charge is 0.235 e. The molecular formula is C12H24N4O. The van der Waals surface area contributed by atoms with Crippen molar-refractivity contribution in [1.29, 1.82) is 0 Å². The van der Waals surface area contributed by atoms with Gasteiger partial charge in [0.1, 0.15) is 0 Å². The largest absolute Gasteiger partial charge is 0.298 e. The number of carbonyl (C=O) groups is 1. The summed E-state index contributed by atoms with van der Waals surface area (Å²) in [4.78, 5) is 16.2. The highest BCUT2D eigenvalue weighted by molar-refractivity contribution is 5.75. The van der Waals surface area contributed by atoms with Gasteiger partial charge in [0.15, 0.2) is 0 Å². The van der Waals surface area contributed by atoms with Crippen LogP contribution in [0.2, 0.25) is 0 Å². The zero-order valence-electron chi connectivity index (χ0n) is 10.7. The van der Waals surface area contributed by atoms with Crippen molar-refractivity contribution in [2.45, 2.75) is 44.7 Å². The third-order valence-corrected chi connectivity index (χ3v) is 4.10. The quantitative estimate of drug-likeness (QED) is 0.412. The molecule has 3 N–H and O–H groups in total. The number of piperidine rings is 1. The number of hydrogen-bond acceptors (Lipinski definition) is 4. The number of hydrogen-bond donors (Lipinski definition) is 2. The van der Waals surface area contributed by atoms with Crippen molar-refractivity contribution in [3.8, 4) is 0 Å².